The number of carbonyl (C=O) groups excluding carboxylic acids is 1. The van der Waals surface area contributed by atoms with E-state index in [4.69, 9.17) is 16.1 Å². The van der Waals surface area contributed by atoms with Crippen molar-refractivity contribution in [3.8, 4) is 11.3 Å². The number of rotatable bonds is 4. The number of halogens is 1. The van der Waals surface area contributed by atoms with E-state index in [-0.39, 0.29) is 18.1 Å². The molecule has 22 heavy (non-hydrogen) atoms. The van der Waals surface area contributed by atoms with Gasteiger partial charge in [-0.25, -0.2) is 4.98 Å². The molecule has 0 saturated carbocycles. The third kappa shape index (κ3) is 3.29. The molecule has 2 aromatic heterocycles. The van der Waals surface area contributed by atoms with Crippen molar-refractivity contribution in [2.45, 2.75) is 6.54 Å². The highest BCUT2D eigenvalue weighted by Crippen LogP contribution is 2.22. The molecule has 2 heterocycles. The Morgan fingerprint density at radius 3 is 2.77 bits per heavy atom. The third-order valence-electron chi connectivity index (χ3n) is 2.91. The van der Waals surface area contributed by atoms with Gasteiger partial charge in [0.05, 0.1) is 12.7 Å². The molecule has 0 radical (unpaired) electrons. The molecule has 7 heteroatoms. The van der Waals surface area contributed by atoms with E-state index in [1.54, 1.807) is 18.2 Å². The van der Waals surface area contributed by atoms with Crippen molar-refractivity contribution in [3.63, 3.8) is 0 Å². The molecular weight excluding hydrogens is 304 g/mol. The lowest BCUT2D eigenvalue weighted by atomic mass is 10.1. The minimum Gasteiger partial charge on any atom is -0.356 e. The molecule has 0 unspecified atom stereocenters. The Bertz CT molecular complexity index is 772. The van der Waals surface area contributed by atoms with Gasteiger partial charge in [0.1, 0.15) is 11.4 Å². The number of benzene rings is 1. The van der Waals surface area contributed by atoms with Gasteiger partial charge in [-0.1, -0.05) is 16.8 Å². The summed E-state index contributed by atoms with van der Waals surface area (Å²) in [4.78, 5) is 19.6. The first-order valence-electron chi connectivity index (χ1n) is 6.48. The standard InChI is InChI=1S/C15H11ClN4O2/c16-11-3-1-10(2-4-11)14-7-12(20-22-14)8-19-15(21)13-9-17-5-6-18-13/h1-7,9H,8H2,(H,19,21). The number of amides is 1. The quantitative estimate of drug-likeness (QED) is 0.800. The SMILES string of the molecule is O=C(NCc1cc(-c2ccc(Cl)cc2)on1)c1cnccn1. The normalized spacial score (nSPS) is 10.4. The molecule has 0 aliphatic rings. The van der Waals surface area contributed by atoms with Crippen LogP contribution in [0.1, 0.15) is 16.2 Å². The number of aromatic nitrogens is 3. The molecule has 1 amide bonds. The number of nitrogens with one attached hydrogen (secondary N) is 1. The van der Waals surface area contributed by atoms with E-state index in [0.717, 1.165) is 5.56 Å². The van der Waals surface area contributed by atoms with Gasteiger partial charge in [0.15, 0.2) is 5.76 Å². The van der Waals surface area contributed by atoms with Crippen molar-refractivity contribution in [1.82, 2.24) is 20.4 Å². The second-order valence-electron chi connectivity index (χ2n) is 4.46. The summed E-state index contributed by atoms with van der Waals surface area (Å²) < 4.78 is 5.26. The van der Waals surface area contributed by atoms with Crippen LogP contribution in [0.3, 0.4) is 0 Å². The molecule has 0 aliphatic carbocycles. The van der Waals surface area contributed by atoms with Crippen LogP contribution in [0.25, 0.3) is 11.3 Å². The van der Waals surface area contributed by atoms with Gasteiger partial charge in [0.25, 0.3) is 5.91 Å². The Kier molecular flexibility index (Phi) is 4.11. The fourth-order valence-electron chi connectivity index (χ4n) is 1.82. The maximum atomic E-state index is 11.8. The molecular formula is C15H11ClN4O2. The molecule has 1 N–H and O–H groups in total. The van der Waals surface area contributed by atoms with Crippen LogP contribution in [0, 0.1) is 0 Å². The molecule has 0 spiro atoms. The zero-order valence-electron chi connectivity index (χ0n) is 11.4. The van der Waals surface area contributed by atoms with Crippen molar-refractivity contribution in [2.75, 3.05) is 0 Å². The van der Waals surface area contributed by atoms with Gasteiger partial charge >= 0.3 is 0 Å². The van der Waals surface area contributed by atoms with Crippen LogP contribution in [0.2, 0.25) is 5.02 Å². The Labute approximate surface area is 131 Å². The minimum absolute atomic E-state index is 0.243. The van der Waals surface area contributed by atoms with Gasteiger partial charge in [-0.3, -0.25) is 9.78 Å². The van der Waals surface area contributed by atoms with Crippen LogP contribution in [-0.4, -0.2) is 21.0 Å². The molecule has 6 nitrogen and oxygen atoms in total. The van der Waals surface area contributed by atoms with Crippen molar-refractivity contribution in [2.24, 2.45) is 0 Å². The highest BCUT2D eigenvalue weighted by atomic mass is 35.5. The largest absolute Gasteiger partial charge is 0.356 e. The van der Waals surface area contributed by atoms with Crippen LogP contribution in [0.5, 0.6) is 0 Å². The molecule has 3 aromatic rings. The zero-order valence-corrected chi connectivity index (χ0v) is 12.1. The lowest BCUT2D eigenvalue weighted by Crippen LogP contribution is -2.23. The zero-order chi connectivity index (χ0) is 15.4. The van der Waals surface area contributed by atoms with Crippen molar-refractivity contribution >= 4 is 17.5 Å². The number of hydrogen-bond acceptors (Lipinski definition) is 5. The van der Waals surface area contributed by atoms with Gasteiger partial charge in [0.2, 0.25) is 0 Å². The van der Waals surface area contributed by atoms with Gasteiger partial charge in [-0.15, -0.1) is 0 Å². The van der Waals surface area contributed by atoms with E-state index in [9.17, 15) is 4.79 Å². The van der Waals surface area contributed by atoms with Crippen LogP contribution in [0.4, 0.5) is 0 Å². The fourth-order valence-corrected chi connectivity index (χ4v) is 1.95. The lowest BCUT2D eigenvalue weighted by Gasteiger charge is -2.00. The highest BCUT2D eigenvalue weighted by molar-refractivity contribution is 6.30. The lowest BCUT2D eigenvalue weighted by molar-refractivity contribution is 0.0944. The van der Waals surface area contributed by atoms with Crippen LogP contribution in [0.15, 0.2) is 53.4 Å². The summed E-state index contributed by atoms with van der Waals surface area (Å²) in [5.74, 6) is 0.296. The highest BCUT2D eigenvalue weighted by Gasteiger charge is 2.10. The van der Waals surface area contributed by atoms with Crippen LogP contribution < -0.4 is 5.32 Å². The van der Waals surface area contributed by atoms with Gasteiger partial charge in [-0.2, -0.15) is 0 Å². The maximum Gasteiger partial charge on any atom is 0.271 e. The Balaban J connectivity index is 1.65. The Hall–Kier alpha value is -2.73. The summed E-state index contributed by atoms with van der Waals surface area (Å²) in [6.07, 6.45) is 4.37. The van der Waals surface area contributed by atoms with Gasteiger partial charge < -0.3 is 9.84 Å². The predicted molar refractivity (Wildman–Crippen MR) is 80.2 cm³/mol. The van der Waals surface area contributed by atoms with Gasteiger partial charge in [-0.05, 0) is 24.3 Å². The van der Waals surface area contributed by atoms with E-state index in [1.165, 1.54) is 18.6 Å². The van der Waals surface area contributed by atoms with Crippen molar-refractivity contribution < 1.29 is 9.32 Å². The summed E-state index contributed by atoms with van der Waals surface area (Å²) in [6.45, 7) is 0.243. The van der Waals surface area contributed by atoms with Crippen LogP contribution >= 0.6 is 11.6 Å². The first-order chi connectivity index (χ1) is 10.7. The molecule has 3 rings (SSSR count). The fraction of sp³-hybridized carbons (Fsp3) is 0.0667. The molecule has 0 bridgehead atoms. The van der Waals surface area contributed by atoms with E-state index < -0.39 is 0 Å². The monoisotopic (exact) mass is 314 g/mol. The molecule has 0 aliphatic heterocycles. The third-order valence-corrected chi connectivity index (χ3v) is 3.17. The Morgan fingerprint density at radius 2 is 2.05 bits per heavy atom. The topological polar surface area (TPSA) is 80.9 Å². The van der Waals surface area contributed by atoms with Crippen molar-refractivity contribution in [3.05, 3.63) is 65.3 Å². The average Bonchev–Trinajstić information content (AvgIpc) is 3.03. The summed E-state index contributed by atoms with van der Waals surface area (Å²) >= 11 is 5.84. The molecule has 0 fully saturated rings. The maximum absolute atomic E-state index is 11.8. The predicted octanol–water partition coefficient (Wildman–Crippen LogP) is 2.71. The van der Waals surface area contributed by atoms with E-state index in [0.29, 0.717) is 16.5 Å². The van der Waals surface area contributed by atoms with E-state index in [2.05, 4.69) is 20.4 Å². The smallest absolute Gasteiger partial charge is 0.271 e. The van der Waals surface area contributed by atoms with E-state index >= 15 is 0 Å². The number of carbonyl (C=O) groups is 1. The molecule has 0 saturated heterocycles. The number of hydrogen-bond donors (Lipinski definition) is 1. The molecule has 1 aromatic carbocycles. The second kappa shape index (κ2) is 6.36. The summed E-state index contributed by atoms with van der Waals surface area (Å²) in [6, 6.07) is 8.99. The van der Waals surface area contributed by atoms with Gasteiger partial charge in [0, 0.05) is 29.0 Å². The van der Waals surface area contributed by atoms with Crippen LogP contribution in [-0.2, 0) is 6.54 Å². The second-order valence-corrected chi connectivity index (χ2v) is 4.90. The average molecular weight is 315 g/mol. The van der Waals surface area contributed by atoms with Crippen molar-refractivity contribution in [1.29, 1.82) is 0 Å². The Morgan fingerprint density at radius 1 is 1.23 bits per heavy atom. The first kappa shape index (κ1) is 14.2. The molecule has 110 valence electrons. The van der Waals surface area contributed by atoms with E-state index in [1.807, 2.05) is 12.1 Å². The number of nitrogens with zero attached hydrogens (tertiary/aromatic N) is 3. The molecule has 0 atom stereocenters. The summed E-state index contributed by atoms with van der Waals surface area (Å²) in [7, 11) is 0. The summed E-state index contributed by atoms with van der Waals surface area (Å²) in [5, 5.41) is 7.28. The minimum atomic E-state index is -0.316. The first-order valence-corrected chi connectivity index (χ1v) is 6.86. The summed E-state index contributed by atoms with van der Waals surface area (Å²) in [5.41, 5.74) is 1.73.